The van der Waals surface area contributed by atoms with Gasteiger partial charge in [0.1, 0.15) is 0 Å². The van der Waals surface area contributed by atoms with Gasteiger partial charge in [0.15, 0.2) is 0 Å². The molecule has 0 heterocycles. The second-order valence-corrected chi connectivity index (χ2v) is 8.06. The van der Waals surface area contributed by atoms with E-state index >= 15 is 0 Å². The Morgan fingerprint density at radius 3 is 2.10 bits per heavy atom. The van der Waals surface area contributed by atoms with Crippen molar-refractivity contribution in [3.63, 3.8) is 0 Å². The van der Waals surface area contributed by atoms with Crippen molar-refractivity contribution < 1.29 is 0 Å². The molecule has 0 saturated heterocycles. The predicted molar refractivity (Wildman–Crippen MR) is 92.6 cm³/mol. The van der Waals surface area contributed by atoms with Crippen LogP contribution in [0.1, 0.15) is 82.2 Å². The van der Waals surface area contributed by atoms with E-state index in [0.29, 0.717) is 10.2 Å². The second-order valence-electron chi connectivity index (χ2n) is 7.15. The summed E-state index contributed by atoms with van der Waals surface area (Å²) >= 11 is 4.02. The molecule has 1 heteroatoms. The van der Waals surface area contributed by atoms with Crippen LogP contribution in [-0.2, 0) is 5.41 Å². The molecule has 2 rings (SSSR count). The first-order chi connectivity index (χ1) is 9.45. The monoisotopic (exact) mass is 336 g/mol. The maximum Gasteiger partial charge on any atom is 0.0451 e. The lowest BCUT2D eigenvalue weighted by molar-refractivity contribution is 0.279. The van der Waals surface area contributed by atoms with Gasteiger partial charge in [-0.1, -0.05) is 80.7 Å². The number of halogens is 1. The fourth-order valence-electron chi connectivity index (χ4n) is 3.53. The number of hydrogen-bond donors (Lipinski definition) is 0. The topological polar surface area (TPSA) is 0 Å². The quantitative estimate of drug-likeness (QED) is 0.519. The third kappa shape index (κ3) is 2.98. The Kier molecular flexibility index (Phi) is 5.00. The summed E-state index contributed by atoms with van der Waals surface area (Å²) in [5.41, 5.74) is 3.70. The number of benzene rings is 1. The second kappa shape index (κ2) is 6.22. The molecule has 0 radical (unpaired) electrons. The van der Waals surface area contributed by atoms with Crippen LogP contribution in [0.3, 0.4) is 0 Å². The first-order valence-electron chi connectivity index (χ1n) is 8.20. The zero-order valence-corrected chi connectivity index (χ0v) is 15.1. The highest BCUT2D eigenvalue weighted by molar-refractivity contribution is 9.09. The lowest BCUT2D eigenvalue weighted by atomic mass is 9.76. The van der Waals surface area contributed by atoms with Crippen LogP contribution in [0.5, 0.6) is 0 Å². The number of alkyl halides is 1. The fourth-order valence-corrected chi connectivity index (χ4v) is 4.61. The van der Waals surface area contributed by atoms with Crippen LogP contribution >= 0.6 is 15.9 Å². The van der Waals surface area contributed by atoms with Gasteiger partial charge in [-0.25, -0.2) is 0 Å². The first-order valence-corrected chi connectivity index (χ1v) is 9.11. The molecule has 0 nitrogen and oxygen atoms in total. The molecule has 1 saturated carbocycles. The van der Waals surface area contributed by atoms with Crippen molar-refractivity contribution in [1.82, 2.24) is 0 Å². The van der Waals surface area contributed by atoms with Gasteiger partial charge in [0, 0.05) is 4.83 Å². The smallest absolute Gasteiger partial charge is 0.0451 e. The van der Waals surface area contributed by atoms with E-state index in [4.69, 9.17) is 0 Å². The van der Waals surface area contributed by atoms with Crippen molar-refractivity contribution in [1.29, 1.82) is 0 Å². The molecule has 0 N–H and O–H groups in total. The molecular formula is C19H29Br. The van der Waals surface area contributed by atoms with Gasteiger partial charge >= 0.3 is 0 Å². The van der Waals surface area contributed by atoms with Crippen LogP contribution < -0.4 is 0 Å². The van der Waals surface area contributed by atoms with Gasteiger partial charge in [-0.3, -0.25) is 0 Å². The Hall–Kier alpha value is -0.300. The van der Waals surface area contributed by atoms with Crippen molar-refractivity contribution in [3.8, 4) is 0 Å². The summed E-state index contributed by atoms with van der Waals surface area (Å²) in [5.74, 6) is 0. The van der Waals surface area contributed by atoms with E-state index < -0.39 is 0 Å². The Morgan fingerprint density at radius 2 is 1.65 bits per heavy atom. The Labute approximate surface area is 133 Å². The van der Waals surface area contributed by atoms with Crippen molar-refractivity contribution in [2.24, 2.45) is 5.41 Å². The minimum atomic E-state index is 0.288. The highest BCUT2D eigenvalue weighted by Gasteiger charge is 2.39. The minimum Gasteiger partial charge on any atom is -0.0833 e. The summed E-state index contributed by atoms with van der Waals surface area (Å²) in [7, 11) is 0. The molecule has 0 spiro atoms. The van der Waals surface area contributed by atoms with E-state index in [1.807, 2.05) is 0 Å². The van der Waals surface area contributed by atoms with Gasteiger partial charge in [-0.15, -0.1) is 0 Å². The van der Waals surface area contributed by atoms with Crippen LogP contribution in [0.15, 0.2) is 24.3 Å². The third-order valence-corrected chi connectivity index (χ3v) is 7.21. The molecule has 0 aliphatic heterocycles. The summed E-state index contributed by atoms with van der Waals surface area (Å²) in [4.78, 5) is 0.515. The van der Waals surface area contributed by atoms with Gasteiger partial charge in [-0.05, 0) is 47.6 Å². The van der Waals surface area contributed by atoms with Gasteiger partial charge in [0.05, 0.1) is 0 Å². The SMILES string of the molecule is CCC(C)(C)c1ccc(C(Br)C2(CC)CCCC2)cc1. The summed E-state index contributed by atoms with van der Waals surface area (Å²) in [5, 5.41) is 0. The molecule has 112 valence electrons. The zero-order chi connectivity index (χ0) is 14.8. The standard InChI is InChI=1S/C19H29Br/c1-5-18(3,4)16-11-9-15(10-12-16)17(20)19(6-2)13-7-8-14-19/h9-12,17H,5-8,13-14H2,1-4H3. The highest BCUT2D eigenvalue weighted by Crippen LogP contribution is 2.54. The largest absolute Gasteiger partial charge is 0.0833 e. The Balaban J connectivity index is 2.21. The van der Waals surface area contributed by atoms with Gasteiger partial charge in [0.25, 0.3) is 0 Å². The van der Waals surface area contributed by atoms with Gasteiger partial charge in [0.2, 0.25) is 0 Å². The van der Waals surface area contributed by atoms with E-state index in [1.165, 1.54) is 49.7 Å². The maximum atomic E-state index is 4.02. The van der Waals surface area contributed by atoms with E-state index in [-0.39, 0.29) is 5.41 Å². The average molecular weight is 337 g/mol. The normalized spacial score (nSPS) is 20.1. The molecule has 1 aliphatic rings. The summed E-state index contributed by atoms with van der Waals surface area (Å²) in [6.07, 6.45) is 8.02. The van der Waals surface area contributed by atoms with Crippen molar-refractivity contribution in [2.45, 2.75) is 76.5 Å². The predicted octanol–water partition coefficient (Wildman–Crippen LogP) is 6.78. The van der Waals surface area contributed by atoms with Gasteiger partial charge in [-0.2, -0.15) is 0 Å². The van der Waals surface area contributed by atoms with Crippen molar-refractivity contribution in [3.05, 3.63) is 35.4 Å². The zero-order valence-electron chi connectivity index (χ0n) is 13.5. The molecule has 1 atom stereocenters. The Morgan fingerprint density at radius 1 is 1.10 bits per heavy atom. The molecule has 1 unspecified atom stereocenters. The first kappa shape index (κ1) is 16.1. The molecule has 1 aromatic rings. The maximum absolute atomic E-state index is 4.02. The fraction of sp³-hybridized carbons (Fsp3) is 0.684. The van der Waals surface area contributed by atoms with E-state index in [0.717, 1.165) is 0 Å². The molecule has 1 aromatic carbocycles. The van der Waals surface area contributed by atoms with Gasteiger partial charge < -0.3 is 0 Å². The molecule has 0 bridgehead atoms. The lowest BCUT2D eigenvalue weighted by Gasteiger charge is -2.34. The highest BCUT2D eigenvalue weighted by atomic mass is 79.9. The Bertz CT molecular complexity index is 424. The van der Waals surface area contributed by atoms with Crippen LogP contribution in [0.2, 0.25) is 0 Å². The van der Waals surface area contributed by atoms with Crippen molar-refractivity contribution in [2.75, 3.05) is 0 Å². The van der Waals surface area contributed by atoms with Crippen LogP contribution in [0.25, 0.3) is 0 Å². The number of hydrogen-bond acceptors (Lipinski definition) is 0. The average Bonchev–Trinajstić information content (AvgIpc) is 2.96. The molecular weight excluding hydrogens is 308 g/mol. The van der Waals surface area contributed by atoms with E-state index in [9.17, 15) is 0 Å². The minimum absolute atomic E-state index is 0.288. The van der Waals surface area contributed by atoms with Crippen LogP contribution in [0, 0.1) is 5.41 Å². The van der Waals surface area contributed by atoms with Crippen LogP contribution in [0.4, 0.5) is 0 Å². The molecule has 1 aliphatic carbocycles. The molecule has 0 amide bonds. The lowest BCUT2D eigenvalue weighted by Crippen LogP contribution is -2.21. The molecule has 1 fully saturated rings. The van der Waals surface area contributed by atoms with Crippen molar-refractivity contribution >= 4 is 15.9 Å². The molecule has 20 heavy (non-hydrogen) atoms. The van der Waals surface area contributed by atoms with Crippen LogP contribution in [-0.4, -0.2) is 0 Å². The van der Waals surface area contributed by atoms with E-state index in [2.05, 4.69) is 67.9 Å². The molecule has 0 aromatic heterocycles. The summed E-state index contributed by atoms with van der Waals surface area (Å²) < 4.78 is 0. The van der Waals surface area contributed by atoms with E-state index in [1.54, 1.807) is 0 Å². The summed E-state index contributed by atoms with van der Waals surface area (Å²) in [6.45, 7) is 9.29. The number of rotatable bonds is 5. The third-order valence-electron chi connectivity index (χ3n) is 5.71. The summed E-state index contributed by atoms with van der Waals surface area (Å²) in [6, 6.07) is 9.38.